The summed E-state index contributed by atoms with van der Waals surface area (Å²) >= 11 is 0. The minimum absolute atomic E-state index is 0.0156. The molecule has 0 aromatic heterocycles. The third-order valence-corrected chi connectivity index (χ3v) is 6.92. The zero-order valence-corrected chi connectivity index (χ0v) is 16.3. The Morgan fingerprint density at radius 3 is 2.35 bits per heavy atom. The van der Waals surface area contributed by atoms with Gasteiger partial charge in [-0.1, -0.05) is 19.9 Å². The lowest BCUT2D eigenvalue weighted by Crippen LogP contribution is -2.24. The van der Waals surface area contributed by atoms with Gasteiger partial charge >= 0.3 is 5.97 Å². The first-order valence-corrected chi connectivity index (χ1v) is 11.4. The monoisotopic (exact) mass is 368 g/mol. The number of esters is 1. The Kier molecular flexibility index (Phi) is 9.33. The number of hydrogen-bond donors (Lipinski definition) is 0. The molecular formula is C15H29O6PS. The fraction of sp³-hybridized carbons (Fsp3) is 0.800. The molecule has 0 aromatic rings. The van der Waals surface area contributed by atoms with Gasteiger partial charge in [-0.3, -0.25) is 9.36 Å². The van der Waals surface area contributed by atoms with Gasteiger partial charge < -0.3 is 9.26 Å². The Labute approximate surface area is 140 Å². The van der Waals surface area contributed by atoms with Crippen LogP contribution in [0.2, 0.25) is 0 Å². The first-order chi connectivity index (χ1) is 10.4. The highest BCUT2D eigenvalue weighted by molar-refractivity contribution is 7.94. The standard InChI is InChI=1S/C15H29O6PS/c1-6-8-10-20-22(17,12-13-23(18,19)7-2)11-9-14(16)21-15(3,4)5/h7H,2,6,8-13H2,1,3-5H3. The van der Waals surface area contributed by atoms with E-state index in [9.17, 15) is 17.8 Å². The van der Waals surface area contributed by atoms with Gasteiger partial charge in [0.05, 0.1) is 18.8 Å². The predicted octanol–water partition coefficient (Wildman–Crippen LogP) is 3.37. The van der Waals surface area contributed by atoms with E-state index in [0.717, 1.165) is 18.2 Å². The van der Waals surface area contributed by atoms with Gasteiger partial charge in [-0.15, -0.1) is 0 Å². The van der Waals surface area contributed by atoms with Crippen LogP contribution < -0.4 is 0 Å². The van der Waals surface area contributed by atoms with E-state index in [1.54, 1.807) is 20.8 Å². The van der Waals surface area contributed by atoms with Crippen LogP contribution in [0.4, 0.5) is 0 Å². The second kappa shape index (κ2) is 9.60. The van der Waals surface area contributed by atoms with Crippen LogP contribution >= 0.6 is 7.37 Å². The molecule has 0 amide bonds. The van der Waals surface area contributed by atoms with Crippen LogP contribution in [0.1, 0.15) is 47.0 Å². The van der Waals surface area contributed by atoms with Crippen molar-refractivity contribution >= 4 is 23.2 Å². The Bertz CT molecular complexity index is 533. The van der Waals surface area contributed by atoms with Crippen LogP contribution in [-0.2, 0) is 28.5 Å². The van der Waals surface area contributed by atoms with Gasteiger partial charge in [0.25, 0.3) is 0 Å². The van der Waals surface area contributed by atoms with Gasteiger partial charge in [-0.2, -0.15) is 0 Å². The average molecular weight is 368 g/mol. The van der Waals surface area contributed by atoms with Gasteiger partial charge in [0.2, 0.25) is 7.37 Å². The van der Waals surface area contributed by atoms with E-state index in [1.165, 1.54) is 0 Å². The maximum Gasteiger partial charge on any atom is 0.306 e. The highest BCUT2D eigenvalue weighted by atomic mass is 32.2. The Hall–Kier alpha value is -0.650. The Morgan fingerprint density at radius 2 is 1.87 bits per heavy atom. The van der Waals surface area contributed by atoms with Crippen LogP contribution in [0.5, 0.6) is 0 Å². The summed E-state index contributed by atoms with van der Waals surface area (Å²) in [6.45, 7) is 10.7. The summed E-state index contributed by atoms with van der Waals surface area (Å²) in [4.78, 5) is 11.8. The number of unbranched alkanes of at least 4 members (excludes halogenated alkanes) is 1. The zero-order valence-electron chi connectivity index (χ0n) is 14.5. The van der Waals surface area contributed by atoms with Crippen molar-refractivity contribution in [3.63, 3.8) is 0 Å². The van der Waals surface area contributed by atoms with E-state index in [-0.39, 0.29) is 31.1 Å². The minimum atomic E-state index is -3.46. The normalized spacial score (nSPS) is 15.0. The largest absolute Gasteiger partial charge is 0.460 e. The average Bonchev–Trinajstić information content (AvgIpc) is 2.42. The van der Waals surface area contributed by atoms with Crippen molar-refractivity contribution < 1.29 is 27.0 Å². The number of rotatable bonds is 11. The highest BCUT2D eigenvalue weighted by Gasteiger charge is 2.27. The van der Waals surface area contributed by atoms with Gasteiger partial charge in [0.15, 0.2) is 9.84 Å². The molecule has 0 aliphatic rings. The van der Waals surface area contributed by atoms with Crippen molar-refractivity contribution in [1.82, 2.24) is 0 Å². The molecule has 0 bridgehead atoms. The molecule has 0 saturated carbocycles. The maximum atomic E-state index is 12.8. The summed E-state index contributed by atoms with van der Waals surface area (Å²) in [5, 5.41) is 0.844. The van der Waals surface area contributed by atoms with E-state index < -0.39 is 28.8 Å². The number of ether oxygens (including phenoxy) is 1. The predicted molar refractivity (Wildman–Crippen MR) is 92.6 cm³/mol. The first-order valence-electron chi connectivity index (χ1n) is 7.73. The van der Waals surface area contributed by atoms with Crippen molar-refractivity contribution in [1.29, 1.82) is 0 Å². The lowest BCUT2D eigenvalue weighted by Gasteiger charge is -2.21. The number of carbonyl (C=O) groups excluding carboxylic acids is 1. The highest BCUT2D eigenvalue weighted by Crippen LogP contribution is 2.47. The number of carbonyl (C=O) groups is 1. The lowest BCUT2D eigenvalue weighted by molar-refractivity contribution is -0.154. The van der Waals surface area contributed by atoms with E-state index in [4.69, 9.17) is 9.26 Å². The SMILES string of the molecule is C=CS(=O)(=O)CCP(=O)(CCC(=O)OC(C)(C)C)OCCCC. The van der Waals surface area contributed by atoms with Crippen molar-refractivity contribution in [3.8, 4) is 0 Å². The second-order valence-electron chi connectivity index (χ2n) is 6.32. The molecule has 0 N–H and O–H groups in total. The van der Waals surface area contributed by atoms with Crippen molar-refractivity contribution in [2.24, 2.45) is 0 Å². The van der Waals surface area contributed by atoms with E-state index in [2.05, 4.69) is 6.58 Å². The molecule has 0 fully saturated rings. The Balaban J connectivity index is 4.75. The topological polar surface area (TPSA) is 86.7 Å². The van der Waals surface area contributed by atoms with E-state index in [1.807, 2.05) is 6.92 Å². The quantitative estimate of drug-likeness (QED) is 0.316. The molecular weight excluding hydrogens is 339 g/mol. The third-order valence-electron chi connectivity index (χ3n) is 2.87. The van der Waals surface area contributed by atoms with Gasteiger partial charge in [0, 0.05) is 17.7 Å². The zero-order chi connectivity index (χ0) is 18.1. The molecule has 0 aromatic carbocycles. The van der Waals surface area contributed by atoms with Crippen LogP contribution in [-0.4, -0.2) is 44.7 Å². The summed E-state index contributed by atoms with van der Waals surface area (Å²) in [6, 6.07) is 0. The van der Waals surface area contributed by atoms with Crippen LogP contribution in [0.3, 0.4) is 0 Å². The summed E-state index contributed by atoms with van der Waals surface area (Å²) in [5.41, 5.74) is -0.615. The van der Waals surface area contributed by atoms with Gasteiger partial charge in [-0.05, 0) is 27.2 Å². The molecule has 8 heteroatoms. The molecule has 136 valence electrons. The molecule has 0 saturated heterocycles. The molecule has 23 heavy (non-hydrogen) atoms. The summed E-state index contributed by atoms with van der Waals surface area (Å²) in [5.74, 6) is -0.766. The maximum absolute atomic E-state index is 12.8. The summed E-state index contributed by atoms with van der Waals surface area (Å²) in [6.07, 6.45) is 1.41. The molecule has 0 rings (SSSR count). The Morgan fingerprint density at radius 1 is 1.26 bits per heavy atom. The molecule has 1 atom stereocenters. The molecule has 0 aliphatic carbocycles. The summed E-state index contributed by atoms with van der Waals surface area (Å²) in [7, 11) is -6.66. The van der Waals surface area contributed by atoms with Crippen LogP contribution in [0, 0.1) is 0 Å². The second-order valence-corrected chi connectivity index (χ2v) is 11.2. The molecule has 1 unspecified atom stereocenters. The molecule has 6 nitrogen and oxygen atoms in total. The van der Waals surface area contributed by atoms with Crippen molar-refractivity contribution in [3.05, 3.63) is 12.0 Å². The number of hydrogen-bond acceptors (Lipinski definition) is 6. The number of sulfone groups is 1. The summed E-state index contributed by atoms with van der Waals surface area (Å²) < 4.78 is 46.4. The minimum Gasteiger partial charge on any atom is -0.460 e. The molecule has 0 radical (unpaired) electrons. The smallest absolute Gasteiger partial charge is 0.306 e. The first kappa shape index (κ1) is 22.4. The van der Waals surface area contributed by atoms with E-state index in [0.29, 0.717) is 0 Å². The fourth-order valence-electron chi connectivity index (χ4n) is 1.62. The molecule has 0 heterocycles. The lowest BCUT2D eigenvalue weighted by atomic mass is 10.2. The molecule has 0 aliphatic heterocycles. The van der Waals surface area contributed by atoms with E-state index >= 15 is 0 Å². The van der Waals surface area contributed by atoms with Gasteiger partial charge in [-0.25, -0.2) is 8.42 Å². The van der Waals surface area contributed by atoms with Crippen LogP contribution in [0.15, 0.2) is 12.0 Å². The molecule has 0 spiro atoms. The van der Waals surface area contributed by atoms with Crippen molar-refractivity contribution in [2.45, 2.75) is 52.6 Å². The third kappa shape index (κ3) is 11.5. The fourth-order valence-corrected chi connectivity index (χ4v) is 5.38. The van der Waals surface area contributed by atoms with Crippen LogP contribution in [0.25, 0.3) is 0 Å². The van der Waals surface area contributed by atoms with Crippen molar-refractivity contribution in [2.75, 3.05) is 24.7 Å². The van der Waals surface area contributed by atoms with Gasteiger partial charge in [0.1, 0.15) is 5.60 Å².